The van der Waals surface area contributed by atoms with Crippen LogP contribution in [0.25, 0.3) is 0 Å². The number of carbonyl (C=O) groups is 2. The van der Waals surface area contributed by atoms with Crippen molar-refractivity contribution in [2.24, 2.45) is 0 Å². The first-order chi connectivity index (χ1) is 14.3. The van der Waals surface area contributed by atoms with Crippen molar-refractivity contribution in [2.75, 3.05) is 18.4 Å². The van der Waals surface area contributed by atoms with Crippen LogP contribution in [-0.2, 0) is 16.1 Å². The van der Waals surface area contributed by atoms with E-state index in [0.29, 0.717) is 16.5 Å². The molecule has 30 heavy (non-hydrogen) atoms. The van der Waals surface area contributed by atoms with Gasteiger partial charge >= 0.3 is 0 Å². The van der Waals surface area contributed by atoms with Gasteiger partial charge in [0.2, 0.25) is 11.8 Å². The summed E-state index contributed by atoms with van der Waals surface area (Å²) in [4.78, 5) is 26.0. The molecule has 0 aromatic heterocycles. The molecular weight excluding hydrogens is 421 g/mol. The molecule has 0 radical (unpaired) electrons. The van der Waals surface area contributed by atoms with Crippen molar-refractivity contribution in [3.8, 4) is 0 Å². The van der Waals surface area contributed by atoms with Crippen LogP contribution in [0.2, 0.25) is 10.0 Å². The molecule has 7 heteroatoms. The second-order valence-corrected chi connectivity index (χ2v) is 9.15. The summed E-state index contributed by atoms with van der Waals surface area (Å²) in [5, 5.41) is 7.24. The van der Waals surface area contributed by atoms with Crippen LogP contribution in [0, 0.1) is 0 Å². The number of likely N-dealkylation sites (tertiary alicyclic amines) is 1. The van der Waals surface area contributed by atoms with Crippen molar-refractivity contribution in [1.29, 1.82) is 0 Å². The highest BCUT2D eigenvalue weighted by molar-refractivity contribution is 6.42. The van der Waals surface area contributed by atoms with Crippen molar-refractivity contribution in [2.45, 2.75) is 44.2 Å². The lowest BCUT2D eigenvalue weighted by Gasteiger charge is -2.39. The van der Waals surface area contributed by atoms with Crippen LogP contribution in [0.15, 0.2) is 42.5 Å². The second kappa shape index (κ2) is 8.58. The molecule has 2 aliphatic rings. The quantitative estimate of drug-likeness (QED) is 0.722. The zero-order chi connectivity index (χ0) is 21.3. The van der Waals surface area contributed by atoms with Crippen molar-refractivity contribution in [3.05, 3.63) is 63.6 Å². The minimum atomic E-state index is -0.277. The summed E-state index contributed by atoms with van der Waals surface area (Å²) in [5.41, 5.74) is 2.77. The molecule has 2 aromatic carbocycles. The number of halogens is 2. The van der Waals surface area contributed by atoms with Gasteiger partial charge in [-0.2, -0.15) is 0 Å². The Bertz CT molecular complexity index is 963. The smallest absolute Gasteiger partial charge is 0.221 e. The third kappa shape index (κ3) is 4.48. The first-order valence-electron chi connectivity index (χ1n) is 10.2. The van der Waals surface area contributed by atoms with E-state index in [-0.39, 0.29) is 23.3 Å². The Labute approximate surface area is 186 Å². The second-order valence-electron chi connectivity index (χ2n) is 8.33. The molecule has 0 unspecified atom stereocenters. The number of nitrogens with one attached hydrogen (secondary N) is 2. The molecule has 4 rings (SSSR count). The SMILES string of the molecule is CC(=O)Nc1ccc([C@@H]2CN(Cc3ccc(Cl)c(Cl)c3)C[C@]23CCCC(=O)N3)cc1. The molecule has 5 nitrogen and oxygen atoms in total. The number of hydrogen-bond acceptors (Lipinski definition) is 3. The molecule has 2 aromatic rings. The topological polar surface area (TPSA) is 61.4 Å². The van der Waals surface area contributed by atoms with E-state index < -0.39 is 0 Å². The van der Waals surface area contributed by atoms with E-state index in [0.717, 1.165) is 43.7 Å². The van der Waals surface area contributed by atoms with E-state index in [9.17, 15) is 9.59 Å². The molecule has 1 spiro atoms. The van der Waals surface area contributed by atoms with Gasteiger partial charge in [-0.1, -0.05) is 41.4 Å². The molecule has 0 aliphatic carbocycles. The van der Waals surface area contributed by atoms with Gasteiger partial charge in [-0.25, -0.2) is 0 Å². The van der Waals surface area contributed by atoms with E-state index in [1.54, 1.807) is 0 Å². The maximum absolute atomic E-state index is 12.3. The van der Waals surface area contributed by atoms with Crippen LogP contribution in [0.1, 0.15) is 43.2 Å². The van der Waals surface area contributed by atoms with Crippen molar-refractivity contribution in [1.82, 2.24) is 10.2 Å². The lowest BCUT2D eigenvalue weighted by molar-refractivity contribution is -0.125. The lowest BCUT2D eigenvalue weighted by Crippen LogP contribution is -2.56. The predicted molar refractivity (Wildman–Crippen MR) is 120 cm³/mol. The summed E-state index contributed by atoms with van der Waals surface area (Å²) in [7, 11) is 0. The monoisotopic (exact) mass is 445 g/mol. The number of nitrogens with zero attached hydrogens (tertiary/aromatic N) is 1. The van der Waals surface area contributed by atoms with Gasteiger partial charge in [0.05, 0.1) is 15.6 Å². The third-order valence-corrected chi connectivity index (χ3v) is 6.79. The van der Waals surface area contributed by atoms with E-state index in [1.165, 1.54) is 12.5 Å². The van der Waals surface area contributed by atoms with E-state index in [4.69, 9.17) is 23.2 Å². The van der Waals surface area contributed by atoms with Gasteiger partial charge < -0.3 is 10.6 Å². The number of carbonyl (C=O) groups excluding carboxylic acids is 2. The highest BCUT2D eigenvalue weighted by Gasteiger charge is 2.49. The number of anilines is 1. The molecule has 2 heterocycles. The Balaban J connectivity index is 1.59. The van der Waals surface area contributed by atoms with Gasteiger partial charge in [-0.05, 0) is 48.2 Å². The molecule has 2 atom stereocenters. The summed E-state index contributed by atoms with van der Waals surface area (Å²) in [6.07, 6.45) is 2.43. The predicted octanol–water partition coefficient (Wildman–Crippen LogP) is 4.59. The fourth-order valence-corrected chi connectivity index (χ4v) is 5.12. The summed E-state index contributed by atoms with van der Waals surface area (Å²) in [5.74, 6) is 0.209. The van der Waals surface area contributed by atoms with Crippen LogP contribution in [0.5, 0.6) is 0 Å². The number of piperidine rings is 1. The average molecular weight is 446 g/mol. The highest BCUT2D eigenvalue weighted by atomic mass is 35.5. The fraction of sp³-hybridized carbons (Fsp3) is 0.391. The number of amides is 2. The molecule has 2 saturated heterocycles. The van der Waals surface area contributed by atoms with Crippen LogP contribution >= 0.6 is 23.2 Å². The Morgan fingerprint density at radius 3 is 2.63 bits per heavy atom. The summed E-state index contributed by atoms with van der Waals surface area (Å²) < 4.78 is 0. The maximum Gasteiger partial charge on any atom is 0.221 e. The molecule has 2 amide bonds. The van der Waals surface area contributed by atoms with E-state index in [2.05, 4.69) is 27.7 Å². The molecule has 2 aliphatic heterocycles. The van der Waals surface area contributed by atoms with E-state index >= 15 is 0 Å². The molecule has 2 fully saturated rings. The Morgan fingerprint density at radius 2 is 1.97 bits per heavy atom. The average Bonchev–Trinajstić information content (AvgIpc) is 3.01. The standard InChI is InChI=1S/C23H25Cl2N3O2/c1-15(29)26-18-7-5-17(6-8-18)19-13-28(12-16-4-9-20(24)21(25)11-16)14-23(19)10-2-3-22(30)27-23/h4-9,11,19H,2-3,10,12-14H2,1H3,(H,26,29)(H,27,30)/t19-,23+/m0/s1. The highest BCUT2D eigenvalue weighted by Crippen LogP contribution is 2.42. The third-order valence-electron chi connectivity index (χ3n) is 6.05. The minimum absolute atomic E-state index is 0.0903. The summed E-state index contributed by atoms with van der Waals surface area (Å²) in [6.45, 7) is 3.87. The van der Waals surface area contributed by atoms with Crippen LogP contribution in [0.4, 0.5) is 5.69 Å². The summed E-state index contributed by atoms with van der Waals surface area (Å²) in [6, 6.07) is 13.7. The van der Waals surface area contributed by atoms with Gasteiger partial charge in [0.25, 0.3) is 0 Å². The molecule has 2 N–H and O–H groups in total. The van der Waals surface area contributed by atoms with Gasteiger partial charge in [-0.3, -0.25) is 14.5 Å². The normalized spacial score (nSPS) is 24.1. The fourth-order valence-electron chi connectivity index (χ4n) is 4.80. The van der Waals surface area contributed by atoms with Gasteiger partial charge in [0.1, 0.15) is 0 Å². The Hall–Kier alpha value is -2.08. The number of benzene rings is 2. The van der Waals surface area contributed by atoms with Crippen LogP contribution in [0.3, 0.4) is 0 Å². The van der Waals surface area contributed by atoms with Crippen molar-refractivity contribution >= 4 is 40.7 Å². The largest absolute Gasteiger partial charge is 0.349 e. The van der Waals surface area contributed by atoms with Gasteiger partial charge in [-0.15, -0.1) is 0 Å². The first-order valence-corrected chi connectivity index (χ1v) is 11.0. The van der Waals surface area contributed by atoms with Crippen LogP contribution in [-0.4, -0.2) is 35.3 Å². The minimum Gasteiger partial charge on any atom is -0.349 e. The lowest BCUT2D eigenvalue weighted by atomic mass is 9.76. The van der Waals surface area contributed by atoms with Crippen LogP contribution < -0.4 is 10.6 Å². The zero-order valence-corrected chi connectivity index (χ0v) is 18.4. The number of hydrogen-bond donors (Lipinski definition) is 2. The first kappa shape index (κ1) is 21.2. The van der Waals surface area contributed by atoms with Gasteiger partial charge in [0, 0.05) is 44.6 Å². The van der Waals surface area contributed by atoms with Crippen molar-refractivity contribution < 1.29 is 9.59 Å². The number of rotatable bonds is 4. The maximum atomic E-state index is 12.3. The van der Waals surface area contributed by atoms with Crippen molar-refractivity contribution in [3.63, 3.8) is 0 Å². The summed E-state index contributed by atoms with van der Waals surface area (Å²) >= 11 is 12.3. The zero-order valence-electron chi connectivity index (χ0n) is 16.9. The molecule has 0 saturated carbocycles. The molecule has 158 valence electrons. The molecular formula is C23H25Cl2N3O2. The van der Waals surface area contributed by atoms with E-state index in [1.807, 2.05) is 30.3 Å². The van der Waals surface area contributed by atoms with Gasteiger partial charge in [0.15, 0.2) is 0 Å². The molecule has 0 bridgehead atoms. The Morgan fingerprint density at radius 1 is 1.20 bits per heavy atom. The Kier molecular flexibility index (Phi) is 6.05.